The monoisotopic (exact) mass is 260 g/mol. The third-order valence-corrected chi connectivity index (χ3v) is 2.74. The van der Waals surface area contributed by atoms with Crippen LogP contribution in [-0.4, -0.2) is 30.0 Å². The molecule has 0 saturated carbocycles. The molecule has 1 heterocycles. The first-order valence-electron chi connectivity index (χ1n) is 6.21. The molecule has 19 heavy (non-hydrogen) atoms. The molecule has 0 atom stereocenters. The molecule has 0 aliphatic carbocycles. The summed E-state index contributed by atoms with van der Waals surface area (Å²) in [5.74, 6) is -0.497. The van der Waals surface area contributed by atoms with E-state index in [-0.39, 0.29) is 24.8 Å². The Morgan fingerprint density at radius 1 is 1.32 bits per heavy atom. The van der Waals surface area contributed by atoms with Crippen molar-refractivity contribution >= 4 is 22.8 Å². The quantitative estimate of drug-likeness (QED) is 0.806. The second-order valence-electron chi connectivity index (χ2n) is 4.09. The van der Waals surface area contributed by atoms with Gasteiger partial charge in [-0.1, -0.05) is 6.07 Å². The SMILES string of the molecule is CCOC(=O)CCNC(=O)c1ccc2cc[nH]c2c1. The maximum atomic E-state index is 11.9. The summed E-state index contributed by atoms with van der Waals surface area (Å²) < 4.78 is 4.78. The first kappa shape index (κ1) is 13.1. The third kappa shape index (κ3) is 3.34. The molecule has 0 aliphatic rings. The van der Waals surface area contributed by atoms with Gasteiger partial charge in [-0.05, 0) is 30.5 Å². The minimum atomic E-state index is -0.303. The molecular weight excluding hydrogens is 244 g/mol. The molecule has 0 saturated heterocycles. The Morgan fingerprint density at radius 2 is 2.16 bits per heavy atom. The average Bonchev–Trinajstić information content (AvgIpc) is 2.86. The van der Waals surface area contributed by atoms with Crippen molar-refractivity contribution in [3.05, 3.63) is 36.0 Å². The van der Waals surface area contributed by atoms with E-state index in [1.807, 2.05) is 18.3 Å². The molecule has 2 N–H and O–H groups in total. The van der Waals surface area contributed by atoms with Crippen molar-refractivity contribution in [3.63, 3.8) is 0 Å². The fraction of sp³-hybridized carbons (Fsp3) is 0.286. The number of H-pyrrole nitrogens is 1. The van der Waals surface area contributed by atoms with Crippen LogP contribution >= 0.6 is 0 Å². The Kier molecular flexibility index (Phi) is 4.18. The number of hydrogen-bond acceptors (Lipinski definition) is 3. The Labute approximate surface area is 110 Å². The van der Waals surface area contributed by atoms with Crippen LogP contribution in [0.1, 0.15) is 23.7 Å². The summed E-state index contributed by atoms with van der Waals surface area (Å²) in [7, 11) is 0. The Bertz CT molecular complexity index is 589. The van der Waals surface area contributed by atoms with E-state index in [4.69, 9.17) is 4.74 Å². The normalized spacial score (nSPS) is 10.4. The van der Waals surface area contributed by atoms with Crippen LogP contribution < -0.4 is 5.32 Å². The molecule has 0 bridgehead atoms. The second-order valence-corrected chi connectivity index (χ2v) is 4.09. The smallest absolute Gasteiger partial charge is 0.307 e. The summed E-state index contributed by atoms with van der Waals surface area (Å²) in [4.78, 5) is 26.0. The highest BCUT2D eigenvalue weighted by Gasteiger charge is 2.08. The van der Waals surface area contributed by atoms with Gasteiger partial charge < -0.3 is 15.0 Å². The van der Waals surface area contributed by atoms with Gasteiger partial charge in [0.25, 0.3) is 5.91 Å². The van der Waals surface area contributed by atoms with Crippen LogP contribution in [0.3, 0.4) is 0 Å². The lowest BCUT2D eigenvalue weighted by Gasteiger charge is -2.05. The fourth-order valence-corrected chi connectivity index (χ4v) is 1.80. The van der Waals surface area contributed by atoms with Crippen molar-refractivity contribution in [2.24, 2.45) is 0 Å². The zero-order valence-electron chi connectivity index (χ0n) is 10.7. The van der Waals surface area contributed by atoms with Gasteiger partial charge in [0.2, 0.25) is 0 Å². The minimum absolute atomic E-state index is 0.185. The molecule has 0 radical (unpaired) electrons. The molecule has 0 fully saturated rings. The number of carbonyl (C=O) groups is 2. The van der Waals surface area contributed by atoms with Crippen LogP contribution in [0.15, 0.2) is 30.5 Å². The molecule has 100 valence electrons. The predicted molar refractivity (Wildman–Crippen MR) is 71.9 cm³/mol. The molecule has 1 amide bonds. The van der Waals surface area contributed by atoms with Gasteiger partial charge in [-0.15, -0.1) is 0 Å². The maximum Gasteiger partial charge on any atom is 0.307 e. The number of rotatable bonds is 5. The zero-order chi connectivity index (χ0) is 13.7. The number of benzene rings is 1. The number of amides is 1. The summed E-state index contributed by atoms with van der Waals surface area (Å²) in [5, 5.41) is 3.75. The standard InChI is InChI=1S/C14H16N2O3/c1-2-19-13(17)6-8-16-14(18)11-4-3-10-5-7-15-12(10)9-11/h3-5,7,9,15H,2,6,8H2,1H3,(H,16,18). The molecule has 0 unspecified atom stereocenters. The maximum absolute atomic E-state index is 11.9. The van der Waals surface area contributed by atoms with Crippen molar-refractivity contribution < 1.29 is 14.3 Å². The molecule has 0 aliphatic heterocycles. The summed E-state index contributed by atoms with van der Waals surface area (Å²) in [6.45, 7) is 2.39. The lowest BCUT2D eigenvalue weighted by molar-refractivity contribution is -0.142. The second kappa shape index (κ2) is 6.04. The van der Waals surface area contributed by atoms with Crippen molar-refractivity contribution in [2.45, 2.75) is 13.3 Å². The number of esters is 1. The number of ether oxygens (including phenoxy) is 1. The van der Waals surface area contributed by atoms with Gasteiger partial charge in [-0.25, -0.2) is 0 Å². The number of aromatic nitrogens is 1. The lowest BCUT2D eigenvalue weighted by Crippen LogP contribution is -2.26. The summed E-state index contributed by atoms with van der Waals surface area (Å²) in [6.07, 6.45) is 2.01. The highest BCUT2D eigenvalue weighted by Crippen LogP contribution is 2.13. The van der Waals surface area contributed by atoms with Gasteiger partial charge in [-0.3, -0.25) is 9.59 Å². The molecular formula is C14H16N2O3. The first-order valence-corrected chi connectivity index (χ1v) is 6.21. The van der Waals surface area contributed by atoms with Crippen LogP contribution in [0, 0.1) is 0 Å². The minimum Gasteiger partial charge on any atom is -0.466 e. The predicted octanol–water partition coefficient (Wildman–Crippen LogP) is 1.85. The van der Waals surface area contributed by atoms with Crippen LogP contribution in [0.25, 0.3) is 10.9 Å². The van der Waals surface area contributed by atoms with E-state index in [9.17, 15) is 9.59 Å². The number of aromatic amines is 1. The molecule has 1 aromatic heterocycles. The van der Waals surface area contributed by atoms with E-state index in [1.165, 1.54) is 0 Å². The third-order valence-electron chi connectivity index (χ3n) is 2.74. The Morgan fingerprint density at radius 3 is 2.95 bits per heavy atom. The van der Waals surface area contributed by atoms with Gasteiger partial charge in [0, 0.05) is 23.8 Å². The van der Waals surface area contributed by atoms with Gasteiger partial charge in [0.05, 0.1) is 13.0 Å². The molecule has 2 aromatic rings. The number of nitrogens with one attached hydrogen (secondary N) is 2. The van der Waals surface area contributed by atoms with Crippen LogP contribution in [0.4, 0.5) is 0 Å². The highest BCUT2D eigenvalue weighted by molar-refractivity contribution is 5.98. The lowest BCUT2D eigenvalue weighted by atomic mass is 10.1. The summed E-state index contributed by atoms with van der Waals surface area (Å²) in [5.41, 5.74) is 1.48. The van der Waals surface area contributed by atoms with Gasteiger partial charge >= 0.3 is 5.97 Å². The van der Waals surface area contributed by atoms with E-state index in [0.29, 0.717) is 12.2 Å². The van der Waals surface area contributed by atoms with Crippen molar-refractivity contribution in [3.8, 4) is 0 Å². The van der Waals surface area contributed by atoms with Gasteiger partial charge in [0.1, 0.15) is 0 Å². The molecule has 2 rings (SSSR count). The molecule has 5 nitrogen and oxygen atoms in total. The van der Waals surface area contributed by atoms with Crippen molar-refractivity contribution in [2.75, 3.05) is 13.2 Å². The molecule has 1 aromatic carbocycles. The van der Waals surface area contributed by atoms with Crippen molar-refractivity contribution in [1.82, 2.24) is 10.3 Å². The Hall–Kier alpha value is -2.30. The number of hydrogen-bond donors (Lipinski definition) is 2. The van der Waals surface area contributed by atoms with E-state index < -0.39 is 0 Å². The average molecular weight is 260 g/mol. The van der Waals surface area contributed by atoms with Crippen LogP contribution in [0.5, 0.6) is 0 Å². The highest BCUT2D eigenvalue weighted by atomic mass is 16.5. The number of fused-ring (bicyclic) bond motifs is 1. The largest absolute Gasteiger partial charge is 0.466 e. The fourth-order valence-electron chi connectivity index (χ4n) is 1.80. The summed E-state index contributed by atoms with van der Waals surface area (Å²) in [6, 6.07) is 7.37. The van der Waals surface area contributed by atoms with E-state index in [1.54, 1.807) is 19.1 Å². The van der Waals surface area contributed by atoms with E-state index >= 15 is 0 Å². The van der Waals surface area contributed by atoms with E-state index in [2.05, 4.69) is 10.3 Å². The zero-order valence-corrected chi connectivity index (χ0v) is 10.7. The first-order chi connectivity index (χ1) is 9.20. The molecule has 0 spiro atoms. The van der Waals surface area contributed by atoms with Crippen LogP contribution in [0.2, 0.25) is 0 Å². The molecule has 5 heteroatoms. The topological polar surface area (TPSA) is 71.2 Å². The number of carbonyl (C=O) groups excluding carboxylic acids is 2. The summed E-state index contributed by atoms with van der Waals surface area (Å²) >= 11 is 0. The van der Waals surface area contributed by atoms with Crippen LogP contribution in [-0.2, 0) is 9.53 Å². The van der Waals surface area contributed by atoms with E-state index in [0.717, 1.165) is 10.9 Å². The Balaban J connectivity index is 1.90. The van der Waals surface area contributed by atoms with Gasteiger partial charge in [-0.2, -0.15) is 0 Å². The van der Waals surface area contributed by atoms with Gasteiger partial charge in [0.15, 0.2) is 0 Å². The van der Waals surface area contributed by atoms with Crippen molar-refractivity contribution in [1.29, 1.82) is 0 Å².